The number of ether oxygens (including phenoxy) is 1. The van der Waals surface area contributed by atoms with Crippen molar-refractivity contribution >= 4 is 32.8 Å². The molecule has 1 aromatic heterocycles. The van der Waals surface area contributed by atoms with Gasteiger partial charge in [0, 0.05) is 0 Å². The van der Waals surface area contributed by atoms with Crippen LogP contribution in [0.15, 0.2) is 53.3 Å². The zero-order valence-corrected chi connectivity index (χ0v) is 13.9. The Labute approximate surface area is 140 Å². The van der Waals surface area contributed by atoms with Crippen LogP contribution in [0.3, 0.4) is 0 Å². The van der Waals surface area contributed by atoms with E-state index in [1.165, 1.54) is 11.7 Å². The van der Waals surface area contributed by atoms with E-state index >= 15 is 0 Å². The number of hydrogen-bond donors (Lipinski definition) is 0. The van der Waals surface area contributed by atoms with Crippen LogP contribution < -0.4 is 5.56 Å². The number of benzene rings is 2. The van der Waals surface area contributed by atoms with Crippen LogP contribution in [0.4, 0.5) is 0 Å². The number of halogens is 1. The van der Waals surface area contributed by atoms with Crippen molar-refractivity contribution in [2.24, 2.45) is 0 Å². The number of aromatic nitrogens is 2. The van der Waals surface area contributed by atoms with Crippen molar-refractivity contribution in [3.8, 4) is 5.69 Å². The molecule has 0 amide bonds. The number of rotatable bonds is 3. The minimum absolute atomic E-state index is 0.221. The lowest BCUT2D eigenvalue weighted by atomic mass is 10.1. The molecule has 0 aliphatic heterocycles. The molecule has 0 saturated heterocycles. The molecule has 2 aromatic carbocycles. The number of alkyl halides is 1. The molecule has 6 heteroatoms. The molecule has 0 aliphatic carbocycles. The second-order valence-electron chi connectivity index (χ2n) is 4.83. The van der Waals surface area contributed by atoms with Crippen LogP contribution in [0, 0.1) is 0 Å². The standard InChI is InChI=1S/C17H13BrN2O3/c1-23-17(22)12-7-3-5-9-14(12)20-15(10-18)19-13-8-4-2-6-11(13)16(20)21/h2-9H,10H2,1H3. The summed E-state index contributed by atoms with van der Waals surface area (Å²) in [6, 6.07) is 14.0. The van der Waals surface area contributed by atoms with Crippen molar-refractivity contribution in [3.05, 3.63) is 70.3 Å². The van der Waals surface area contributed by atoms with Crippen molar-refractivity contribution in [3.63, 3.8) is 0 Å². The molecule has 116 valence electrons. The van der Waals surface area contributed by atoms with Crippen molar-refractivity contribution in [1.82, 2.24) is 9.55 Å². The van der Waals surface area contributed by atoms with Crippen LogP contribution in [0.2, 0.25) is 0 Å². The van der Waals surface area contributed by atoms with Gasteiger partial charge in [-0.15, -0.1) is 0 Å². The van der Waals surface area contributed by atoms with E-state index in [0.717, 1.165) is 0 Å². The van der Waals surface area contributed by atoms with Crippen molar-refractivity contribution in [2.75, 3.05) is 7.11 Å². The molecule has 0 aliphatic rings. The highest BCUT2D eigenvalue weighted by Crippen LogP contribution is 2.19. The van der Waals surface area contributed by atoms with Gasteiger partial charge in [0.25, 0.3) is 5.56 Å². The molecule has 5 nitrogen and oxygen atoms in total. The highest BCUT2D eigenvalue weighted by atomic mass is 79.9. The van der Waals surface area contributed by atoms with Crippen LogP contribution in [0.25, 0.3) is 16.6 Å². The van der Waals surface area contributed by atoms with E-state index in [2.05, 4.69) is 20.9 Å². The number of hydrogen-bond acceptors (Lipinski definition) is 4. The molecule has 0 radical (unpaired) electrons. The van der Waals surface area contributed by atoms with Gasteiger partial charge in [-0.1, -0.05) is 40.2 Å². The number of esters is 1. The molecule has 0 fully saturated rings. The Kier molecular flexibility index (Phi) is 4.25. The third-order valence-electron chi connectivity index (χ3n) is 3.51. The Bertz CT molecular complexity index is 950. The van der Waals surface area contributed by atoms with Gasteiger partial charge < -0.3 is 4.74 Å². The molecular weight excluding hydrogens is 360 g/mol. The van der Waals surface area contributed by atoms with E-state index in [1.807, 2.05) is 6.07 Å². The van der Waals surface area contributed by atoms with E-state index in [9.17, 15) is 9.59 Å². The molecule has 3 rings (SSSR count). The van der Waals surface area contributed by atoms with Gasteiger partial charge in [-0.05, 0) is 24.3 Å². The van der Waals surface area contributed by atoms with E-state index < -0.39 is 5.97 Å². The highest BCUT2D eigenvalue weighted by Gasteiger charge is 2.18. The monoisotopic (exact) mass is 372 g/mol. The largest absolute Gasteiger partial charge is 0.465 e. The van der Waals surface area contributed by atoms with Crippen LogP contribution in [0.5, 0.6) is 0 Å². The van der Waals surface area contributed by atoms with Gasteiger partial charge in [0.2, 0.25) is 0 Å². The first-order valence-electron chi connectivity index (χ1n) is 6.91. The van der Waals surface area contributed by atoms with Crippen LogP contribution in [-0.4, -0.2) is 22.6 Å². The summed E-state index contributed by atoms with van der Waals surface area (Å²) in [4.78, 5) is 29.5. The van der Waals surface area contributed by atoms with Crippen molar-refractivity contribution in [1.29, 1.82) is 0 Å². The number of fused-ring (bicyclic) bond motifs is 1. The van der Waals surface area contributed by atoms with Crippen molar-refractivity contribution < 1.29 is 9.53 Å². The Morgan fingerprint density at radius 1 is 1.17 bits per heavy atom. The summed E-state index contributed by atoms with van der Waals surface area (Å²) >= 11 is 3.37. The molecule has 23 heavy (non-hydrogen) atoms. The average molecular weight is 373 g/mol. The zero-order chi connectivity index (χ0) is 16.4. The lowest BCUT2D eigenvalue weighted by Crippen LogP contribution is -2.25. The first kappa shape index (κ1) is 15.4. The summed E-state index contributed by atoms with van der Waals surface area (Å²) in [5.74, 6) is 0.0197. The maximum absolute atomic E-state index is 12.9. The van der Waals surface area contributed by atoms with Gasteiger partial charge >= 0.3 is 5.97 Å². The van der Waals surface area contributed by atoms with Gasteiger partial charge in [-0.3, -0.25) is 9.36 Å². The Morgan fingerprint density at radius 2 is 1.87 bits per heavy atom. The third-order valence-corrected chi connectivity index (χ3v) is 4.02. The molecule has 0 saturated carbocycles. The zero-order valence-electron chi connectivity index (χ0n) is 12.3. The second kappa shape index (κ2) is 6.34. The fraction of sp³-hybridized carbons (Fsp3) is 0.118. The average Bonchev–Trinajstić information content (AvgIpc) is 2.61. The molecule has 3 aromatic rings. The molecular formula is C17H13BrN2O3. The highest BCUT2D eigenvalue weighted by molar-refractivity contribution is 9.08. The quantitative estimate of drug-likeness (QED) is 0.523. The van der Waals surface area contributed by atoms with Gasteiger partial charge in [0.05, 0.1) is 34.6 Å². The van der Waals surface area contributed by atoms with Crippen molar-refractivity contribution in [2.45, 2.75) is 5.33 Å². The fourth-order valence-electron chi connectivity index (χ4n) is 2.47. The Hall–Kier alpha value is -2.47. The summed E-state index contributed by atoms with van der Waals surface area (Å²) in [5, 5.41) is 0.875. The van der Waals surface area contributed by atoms with Gasteiger partial charge in [0.15, 0.2) is 0 Å². The van der Waals surface area contributed by atoms with Crippen LogP contribution in [0.1, 0.15) is 16.2 Å². The maximum atomic E-state index is 12.9. The first-order valence-corrected chi connectivity index (χ1v) is 8.04. The SMILES string of the molecule is COC(=O)c1ccccc1-n1c(CBr)nc2ccccc2c1=O. The predicted octanol–water partition coefficient (Wildman–Crippen LogP) is 3.07. The summed E-state index contributed by atoms with van der Waals surface area (Å²) in [6.45, 7) is 0. The van der Waals surface area contributed by atoms with E-state index in [-0.39, 0.29) is 5.56 Å². The van der Waals surface area contributed by atoms with Gasteiger partial charge in [-0.25, -0.2) is 9.78 Å². The van der Waals surface area contributed by atoms with Crippen LogP contribution in [-0.2, 0) is 10.1 Å². The number of para-hydroxylation sites is 2. The molecule has 0 unspecified atom stereocenters. The summed E-state index contributed by atoms with van der Waals surface area (Å²) in [6.07, 6.45) is 0. The Morgan fingerprint density at radius 3 is 2.61 bits per heavy atom. The minimum Gasteiger partial charge on any atom is -0.465 e. The number of nitrogens with zero attached hydrogens (tertiary/aromatic N) is 2. The lowest BCUT2D eigenvalue weighted by molar-refractivity contribution is 0.0600. The van der Waals surface area contributed by atoms with Crippen LogP contribution >= 0.6 is 15.9 Å². The molecule has 0 bridgehead atoms. The number of carbonyl (C=O) groups is 1. The molecule has 0 atom stereocenters. The normalized spacial score (nSPS) is 10.7. The van der Waals surface area contributed by atoms with E-state index in [0.29, 0.717) is 33.3 Å². The molecule has 0 spiro atoms. The summed E-state index contributed by atoms with van der Waals surface area (Å²) in [5.41, 5.74) is 1.17. The second-order valence-corrected chi connectivity index (χ2v) is 5.39. The Balaban J connectivity index is 2.39. The number of methoxy groups -OCH3 is 1. The lowest BCUT2D eigenvalue weighted by Gasteiger charge is -2.14. The van der Waals surface area contributed by atoms with Gasteiger partial charge in [-0.2, -0.15) is 0 Å². The molecule has 0 N–H and O–H groups in total. The first-order chi connectivity index (χ1) is 11.2. The predicted molar refractivity (Wildman–Crippen MR) is 91.3 cm³/mol. The van der Waals surface area contributed by atoms with E-state index in [1.54, 1.807) is 42.5 Å². The number of carbonyl (C=O) groups excluding carboxylic acids is 1. The molecule has 1 heterocycles. The summed E-state index contributed by atoms with van der Waals surface area (Å²) < 4.78 is 6.26. The van der Waals surface area contributed by atoms with Gasteiger partial charge in [0.1, 0.15) is 5.82 Å². The third kappa shape index (κ3) is 2.66. The fourth-order valence-corrected chi connectivity index (χ4v) is 2.84. The smallest absolute Gasteiger partial charge is 0.339 e. The maximum Gasteiger partial charge on any atom is 0.339 e. The minimum atomic E-state index is -0.499. The van der Waals surface area contributed by atoms with E-state index in [4.69, 9.17) is 4.74 Å². The topological polar surface area (TPSA) is 61.2 Å². The summed E-state index contributed by atoms with van der Waals surface area (Å²) in [7, 11) is 1.31.